The van der Waals surface area contributed by atoms with Crippen LogP contribution < -0.4 is 10.1 Å². The fourth-order valence-corrected chi connectivity index (χ4v) is 3.13. The molecule has 0 saturated heterocycles. The molecule has 0 aliphatic rings. The summed E-state index contributed by atoms with van der Waals surface area (Å²) in [5, 5.41) is 3.33. The van der Waals surface area contributed by atoms with Gasteiger partial charge in [0, 0.05) is 6.26 Å². The SMILES string of the molecule is CCNC(c1cc(C)c(OC)cc1C)C(C)(C)S(C)(=O)=O. The van der Waals surface area contributed by atoms with Crippen molar-refractivity contribution in [1.29, 1.82) is 0 Å². The van der Waals surface area contributed by atoms with Crippen LogP contribution in [0.15, 0.2) is 12.1 Å². The Kier molecular flexibility index (Phi) is 5.45. The van der Waals surface area contributed by atoms with Gasteiger partial charge in [0.25, 0.3) is 0 Å². The molecule has 1 atom stereocenters. The van der Waals surface area contributed by atoms with Crippen LogP contribution in [0, 0.1) is 13.8 Å². The molecule has 21 heavy (non-hydrogen) atoms. The van der Waals surface area contributed by atoms with Gasteiger partial charge in [0.05, 0.1) is 17.9 Å². The summed E-state index contributed by atoms with van der Waals surface area (Å²) in [5.41, 5.74) is 3.04. The van der Waals surface area contributed by atoms with Crippen molar-refractivity contribution in [3.05, 3.63) is 28.8 Å². The average Bonchev–Trinajstić information content (AvgIpc) is 2.37. The Labute approximate surface area is 128 Å². The van der Waals surface area contributed by atoms with Gasteiger partial charge in [-0.3, -0.25) is 0 Å². The molecule has 0 heterocycles. The van der Waals surface area contributed by atoms with Crippen molar-refractivity contribution >= 4 is 9.84 Å². The second-order valence-electron chi connectivity index (χ2n) is 6.04. The average molecular weight is 313 g/mol. The number of ether oxygens (including phenoxy) is 1. The van der Waals surface area contributed by atoms with Gasteiger partial charge in [-0.15, -0.1) is 0 Å². The van der Waals surface area contributed by atoms with E-state index in [1.807, 2.05) is 32.9 Å². The molecule has 5 heteroatoms. The topological polar surface area (TPSA) is 55.4 Å². The Bertz CT molecular complexity index is 606. The smallest absolute Gasteiger partial charge is 0.154 e. The molecule has 0 amide bonds. The summed E-state index contributed by atoms with van der Waals surface area (Å²) in [4.78, 5) is 0. The van der Waals surface area contributed by atoms with Crippen LogP contribution in [0.1, 0.15) is 43.5 Å². The molecular weight excluding hydrogens is 286 g/mol. The van der Waals surface area contributed by atoms with Crippen LogP contribution >= 0.6 is 0 Å². The molecule has 1 N–H and O–H groups in total. The van der Waals surface area contributed by atoms with E-state index in [2.05, 4.69) is 5.32 Å². The van der Waals surface area contributed by atoms with Gasteiger partial charge in [-0.1, -0.05) is 13.0 Å². The Balaban J connectivity index is 3.47. The maximum absolute atomic E-state index is 12.2. The number of sulfone groups is 1. The van der Waals surface area contributed by atoms with Gasteiger partial charge in [-0.2, -0.15) is 0 Å². The molecule has 1 aromatic carbocycles. The molecule has 0 spiro atoms. The van der Waals surface area contributed by atoms with Gasteiger partial charge in [0.2, 0.25) is 0 Å². The minimum atomic E-state index is -3.21. The zero-order valence-corrected chi connectivity index (χ0v) is 14.9. The molecule has 1 rings (SSSR count). The van der Waals surface area contributed by atoms with Crippen molar-refractivity contribution in [2.24, 2.45) is 0 Å². The summed E-state index contributed by atoms with van der Waals surface area (Å²) >= 11 is 0. The Morgan fingerprint density at radius 1 is 1.24 bits per heavy atom. The number of nitrogens with one attached hydrogen (secondary N) is 1. The molecular formula is C16H27NO3S. The largest absolute Gasteiger partial charge is 0.496 e. The van der Waals surface area contributed by atoms with Crippen molar-refractivity contribution < 1.29 is 13.2 Å². The number of hydrogen-bond donors (Lipinski definition) is 1. The zero-order chi connectivity index (χ0) is 16.4. The molecule has 1 unspecified atom stereocenters. The summed E-state index contributed by atoms with van der Waals surface area (Å²) < 4.78 is 28.8. The van der Waals surface area contributed by atoms with Crippen molar-refractivity contribution in [2.45, 2.75) is 45.4 Å². The summed E-state index contributed by atoms with van der Waals surface area (Å²) in [6.07, 6.45) is 1.29. The molecule has 0 aliphatic heterocycles. The highest BCUT2D eigenvalue weighted by Crippen LogP contribution is 2.36. The van der Waals surface area contributed by atoms with Crippen LogP contribution in [0.4, 0.5) is 0 Å². The van der Waals surface area contributed by atoms with Crippen LogP contribution in [0.5, 0.6) is 5.75 Å². The summed E-state index contributed by atoms with van der Waals surface area (Å²) in [6, 6.07) is 3.73. The predicted molar refractivity (Wildman–Crippen MR) is 87.8 cm³/mol. The van der Waals surface area contributed by atoms with Crippen LogP contribution in [0.2, 0.25) is 0 Å². The van der Waals surface area contributed by atoms with E-state index in [4.69, 9.17) is 4.74 Å². The highest BCUT2D eigenvalue weighted by Gasteiger charge is 2.40. The molecule has 0 aromatic heterocycles. The molecule has 0 saturated carbocycles. The van der Waals surface area contributed by atoms with Crippen molar-refractivity contribution in [1.82, 2.24) is 5.32 Å². The third-order valence-corrected chi connectivity index (χ3v) is 6.30. The molecule has 120 valence electrons. The second kappa shape index (κ2) is 6.36. The summed E-state index contributed by atoms with van der Waals surface area (Å²) in [7, 11) is -1.57. The maximum Gasteiger partial charge on any atom is 0.154 e. The Hall–Kier alpha value is -1.07. The third-order valence-electron chi connectivity index (χ3n) is 4.15. The number of methoxy groups -OCH3 is 1. The third kappa shape index (κ3) is 3.58. The van der Waals surface area contributed by atoms with E-state index in [9.17, 15) is 8.42 Å². The normalized spacial score (nSPS) is 14.0. The van der Waals surface area contributed by atoms with Gasteiger partial charge >= 0.3 is 0 Å². The fraction of sp³-hybridized carbons (Fsp3) is 0.625. The van der Waals surface area contributed by atoms with Crippen LogP contribution in [0.25, 0.3) is 0 Å². The minimum Gasteiger partial charge on any atom is -0.496 e. The van der Waals surface area contributed by atoms with Crippen LogP contribution in [-0.4, -0.2) is 33.1 Å². The molecule has 0 fully saturated rings. The van der Waals surface area contributed by atoms with Gasteiger partial charge in [-0.25, -0.2) is 8.42 Å². The molecule has 0 radical (unpaired) electrons. The predicted octanol–water partition coefficient (Wildman–Crippen LogP) is 2.79. The lowest BCUT2D eigenvalue weighted by Gasteiger charge is -2.35. The molecule has 1 aromatic rings. The van der Waals surface area contributed by atoms with E-state index in [0.717, 1.165) is 22.4 Å². The first kappa shape index (κ1) is 18.0. The van der Waals surface area contributed by atoms with E-state index < -0.39 is 14.6 Å². The Morgan fingerprint density at radius 3 is 2.24 bits per heavy atom. The Morgan fingerprint density at radius 2 is 1.81 bits per heavy atom. The molecule has 0 bridgehead atoms. The first-order valence-electron chi connectivity index (χ1n) is 7.14. The lowest BCUT2D eigenvalue weighted by molar-refractivity contribution is 0.407. The minimum absolute atomic E-state index is 0.262. The van der Waals surface area contributed by atoms with Crippen LogP contribution in [0.3, 0.4) is 0 Å². The highest BCUT2D eigenvalue weighted by atomic mass is 32.2. The van der Waals surface area contributed by atoms with Gasteiger partial charge in [0.15, 0.2) is 9.84 Å². The fourth-order valence-electron chi connectivity index (χ4n) is 2.49. The lowest BCUT2D eigenvalue weighted by atomic mass is 9.90. The number of rotatable bonds is 6. The first-order chi connectivity index (χ1) is 9.56. The molecule has 4 nitrogen and oxygen atoms in total. The van der Waals surface area contributed by atoms with E-state index in [1.54, 1.807) is 21.0 Å². The van der Waals surface area contributed by atoms with E-state index in [-0.39, 0.29) is 6.04 Å². The van der Waals surface area contributed by atoms with Crippen molar-refractivity contribution in [2.75, 3.05) is 19.9 Å². The first-order valence-corrected chi connectivity index (χ1v) is 9.03. The quantitative estimate of drug-likeness (QED) is 0.877. The zero-order valence-electron chi connectivity index (χ0n) is 14.1. The monoisotopic (exact) mass is 313 g/mol. The van der Waals surface area contributed by atoms with E-state index in [1.165, 1.54) is 6.26 Å². The lowest BCUT2D eigenvalue weighted by Crippen LogP contribution is -2.45. The van der Waals surface area contributed by atoms with Crippen molar-refractivity contribution in [3.63, 3.8) is 0 Å². The van der Waals surface area contributed by atoms with Gasteiger partial charge in [-0.05, 0) is 57.0 Å². The summed E-state index contributed by atoms with van der Waals surface area (Å²) in [6.45, 7) is 10.2. The van der Waals surface area contributed by atoms with Gasteiger partial charge < -0.3 is 10.1 Å². The van der Waals surface area contributed by atoms with Crippen molar-refractivity contribution in [3.8, 4) is 5.75 Å². The standard InChI is InChI=1S/C16H27NO3S/c1-8-17-15(16(4,5)21(7,18)19)13-9-12(3)14(20-6)10-11(13)2/h9-10,15,17H,8H2,1-7H3. The number of benzene rings is 1. The second-order valence-corrected chi connectivity index (χ2v) is 8.64. The van der Waals surface area contributed by atoms with E-state index in [0.29, 0.717) is 6.54 Å². The number of aryl methyl sites for hydroxylation is 2. The molecule has 0 aliphatic carbocycles. The number of hydrogen-bond acceptors (Lipinski definition) is 4. The van der Waals surface area contributed by atoms with Gasteiger partial charge in [0.1, 0.15) is 5.75 Å². The summed E-state index contributed by atoms with van der Waals surface area (Å²) in [5.74, 6) is 0.823. The highest BCUT2D eigenvalue weighted by molar-refractivity contribution is 7.92. The maximum atomic E-state index is 12.2. The van der Waals surface area contributed by atoms with Crippen LogP contribution in [-0.2, 0) is 9.84 Å². The van der Waals surface area contributed by atoms with E-state index >= 15 is 0 Å².